The molecule has 1 fully saturated rings. The Kier molecular flexibility index (Phi) is 6.03. The summed E-state index contributed by atoms with van der Waals surface area (Å²) in [7, 11) is -3.61. The van der Waals surface area contributed by atoms with Crippen molar-refractivity contribution in [1.82, 2.24) is 4.90 Å². The van der Waals surface area contributed by atoms with E-state index in [-0.39, 0.29) is 0 Å². The first-order valence-electron chi connectivity index (χ1n) is 11.0. The van der Waals surface area contributed by atoms with Crippen molar-refractivity contribution < 1.29 is 8.42 Å². The minimum atomic E-state index is -3.61. The lowest BCUT2D eigenvalue weighted by Crippen LogP contribution is -2.46. The van der Waals surface area contributed by atoms with E-state index >= 15 is 0 Å². The second kappa shape index (κ2) is 8.56. The minimum Gasteiger partial charge on any atom is -0.296 e. The second-order valence-electron chi connectivity index (χ2n) is 8.84. The SMILES string of the molecule is C=CCN1CCC[C@H]2c3cccc(NS(=O)(=O)c4ccc(C(C)C)cc4)c3CC[C@@H]21. The molecule has 2 aliphatic rings. The number of fused-ring (bicyclic) bond motifs is 3. The quantitative estimate of drug-likeness (QED) is 0.641. The molecule has 0 saturated carbocycles. The number of likely N-dealkylation sites (tertiary alicyclic amines) is 1. The highest BCUT2D eigenvalue weighted by Gasteiger charge is 2.36. The number of nitrogens with one attached hydrogen (secondary N) is 1. The van der Waals surface area contributed by atoms with Gasteiger partial charge in [-0.15, -0.1) is 6.58 Å². The first-order valence-corrected chi connectivity index (χ1v) is 12.5. The van der Waals surface area contributed by atoms with Crippen molar-refractivity contribution in [2.24, 2.45) is 0 Å². The number of sulfonamides is 1. The fraction of sp³-hybridized carbons (Fsp3) is 0.440. The van der Waals surface area contributed by atoms with Crippen LogP contribution in [0.1, 0.15) is 61.6 Å². The predicted octanol–water partition coefficient (Wildman–Crippen LogP) is 5.29. The monoisotopic (exact) mass is 424 g/mol. The fourth-order valence-corrected chi connectivity index (χ4v) is 6.21. The van der Waals surface area contributed by atoms with Crippen LogP contribution in [0.15, 0.2) is 60.0 Å². The number of hydrogen-bond acceptors (Lipinski definition) is 3. The molecule has 0 spiro atoms. The van der Waals surface area contributed by atoms with Gasteiger partial charge in [0.15, 0.2) is 0 Å². The van der Waals surface area contributed by atoms with Gasteiger partial charge in [-0.1, -0.05) is 44.2 Å². The summed E-state index contributed by atoms with van der Waals surface area (Å²) in [4.78, 5) is 2.85. The van der Waals surface area contributed by atoms with Gasteiger partial charge in [0.2, 0.25) is 0 Å². The van der Waals surface area contributed by atoms with Crippen molar-refractivity contribution in [3.63, 3.8) is 0 Å². The Bertz CT molecular complexity index is 1010. The molecule has 2 aromatic carbocycles. The molecule has 5 heteroatoms. The number of piperidine rings is 1. The molecule has 4 nitrogen and oxygen atoms in total. The standard InChI is InChI=1S/C25H32N2O2S/c1-4-16-27-17-6-8-23-21-7-5-9-24(22(21)14-15-25(23)27)26-30(28,29)20-12-10-19(11-13-20)18(2)3/h4-5,7,9-13,18,23,25-26H,1,6,8,14-17H2,2-3H3/t23-,25-/m0/s1. The summed E-state index contributed by atoms with van der Waals surface area (Å²) in [6.45, 7) is 10.2. The Morgan fingerprint density at radius 2 is 1.93 bits per heavy atom. The highest BCUT2D eigenvalue weighted by molar-refractivity contribution is 7.92. The molecule has 4 rings (SSSR count). The largest absolute Gasteiger partial charge is 0.296 e. The maximum Gasteiger partial charge on any atom is 0.261 e. The Hall–Kier alpha value is -2.11. The van der Waals surface area contributed by atoms with E-state index in [4.69, 9.17) is 0 Å². The molecule has 0 unspecified atom stereocenters. The molecule has 1 aliphatic carbocycles. The van der Waals surface area contributed by atoms with Gasteiger partial charge in [-0.25, -0.2) is 8.42 Å². The third-order valence-electron chi connectivity index (χ3n) is 6.66. The van der Waals surface area contributed by atoms with Crippen LogP contribution in [-0.4, -0.2) is 32.4 Å². The van der Waals surface area contributed by atoms with Crippen molar-refractivity contribution in [3.8, 4) is 0 Å². The second-order valence-corrected chi connectivity index (χ2v) is 10.5. The van der Waals surface area contributed by atoms with Gasteiger partial charge in [-0.2, -0.15) is 0 Å². The van der Waals surface area contributed by atoms with Crippen LogP contribution in [0.3, 0.4) is 0 Å². The van der Waals surface area contributed by atoms with Crippen LogP contribution in [0.2, 0.25) is 0 Å². The van der Waals surface area contributed by atoms with E-state index in [0.29, 0.717) is 22.8 Å². The van der Waals surface area contributed by atoms with Crippen LogP contribution < -0.4 is 4.72 Å². The zero-order valence-electron chi connectivity index (χ0n) is 18.0. The van der Waals surface area contributed by atoms with Gasteiger partial charge in [0.1, 0.15) is 0 Å². The molecule has 0 radical (unpaired) electrons. The molecule has 0 aromatic heterocycles. The molecule has 0 bridgehead atoms. The summed E-state index contributed by atoms with van der Waals surface area (Å²) in [6, 6.07) is 13.8. The first kappa shape index (κ1) is 21.1. The number of hydrogen-bond donors (Lipinski definition) is 1. The molecule has 30 heavy (non-hydrogen) atoms. The highest BCUT2D eigenvalue weighted by Crippen LogP contribution is 2.43. The first-order chi connectivity index (χ1) is 14.4. The Morgan fingerprint density at radius 1 is 1.17 bits per heavy atom. The van der Waals surface area contributed by atoms with E-state index in [0.717, 1.165) is 43.6 Å². The number of nitrogens with zero attached hydrogens (tertiary/aromatic N) is 1. The van der Waals surface area contributed by atoms with Crippen molar-refractivity contribution in [2.75, 3.05) is 17.8 Å². The molecule has 160 valence electrons. The van der Waals surface area contributed by atoms with Crippen molar-refractivity contribution in [1.29, 1.82) is 0 Å². The van der Waals surface area contributed by atoms with Crippen LogP contribution in [0, 0.1) is 0 Å². The average Bonchev–Trinajstić information content (AvgIpc) is 2.74. The van der Waals surface area contributed by atoms with Gasteiger partial charge in [0.05, 0.1) is 10.6 Å². The van der Waals surface area contributed by atoms with Gasteiger partial charge in [-0.3, -0.25) is 9.62 Å². The van der Waals surface area contributed by atoms with Crippen LogP contribution in [0.5, 0.6) is 0 Å². The molecule has 1 heterocycles. The molecule has 2 atom stereocenters. The molecular formula is C25H32N2O2S. The predicted molar refractivity (Wildman–Crippen MR) is 124 cm³/mol. The number of rotatable bonds is 6. The van der Waals surface area contributed by atoms with Crippen LogP contribution >= 0.6 is 0 Å². The highest BCUT2D eigenvalue weighted by atomic mass is 32.2. The lowest BCUT2D eigenvalue weighted by molar-refractivity contribution is 0.126. The van der Waals surface area contributed by atoms with E-state index in [1.807, 2.05) is 30.3 Å². The smallest absolute Gasteiger partial charge is 0.261 e. The normalized spacial score (nSPS) is 21.7. The van der Waals surface area contributed by atoms with E-state index < -0.39 is 10.0 Å². The zero-order valence-corrected chi connectivity index (χ0v) is 18.8. The summed E-state index contributed by atoms with van der Waals surface area (Å²) in [6.07, 6.45) is 6.29. The van der Waals surface area contributed by atoms with Gasteiger partial charge >= 0.3 is 0 Å². The Balaban J connectivity index is 1.61. The molecule has 0 amide bonds. The van der Waals surface area contributed by atoms with E-state index in [9.17, 15) is 8.42 Å². The molecular weight excluding hydrogens is 392 g/mol. The summed E-state index contributed by atoms with van der Waals surface area (Å²) < 4.78 is 29.0. The lowest BCUT2D eigenvalue weighted by Gasteiger charge is -2.45. The Morgan fingerprint density at radius 3 is 2.63 bits per heavy atom. The molecule has 1 saturated heterocycles. The summed E-state index contributed by atoms with van der Waals surface area (Å²) in [5.41, 5.74) is 4.36. The summed E-state index contributed by atoms with van der Waals surface area (Å²) >= 11 is 0. The number of benzene rings is 2. The lowest BCUT2D eigenvalue weighted by atomic mass is 9.74. The molecule has 2 aromatic rings. The average molecular weight is 425 g/mol. The summed E-state index contributed by atoms with van der Waals surface area (Å²) in [5, 5.41) is 0. The summed E-state index contributed by atoms with van der Waals surface area (Å²) in [5.74, 6) is 0.845. The van der Waals surface area contributed by atoms with Gasteiger partial charge < -0.3 is 0 Å². The van der Waals surface area contributed by atoms with Crippen molar-refractivity contribution in [2.45, 2.75) is 62.3 Å². The van der Waals surface area contributed by atoms with Gasteiger partial charge in [0.25, 0.3) is 10.0 Å². The maximum absolute atomic E-state index is 13.1. The van der Waals surface area contributed by atoms with Crippen LogP contribution in [-0.2, 0) is 16.4 Å². The van der Waals surface area contributed by atoms with E-state index in [1.165, 1.54) is 17.5 Å². The van der Waals surface area contributed by atoms with Crippen molar-refractivity contribution >= 4 is 15.7 Å². The van der Waals surface area contributed by atoms with Gasteiger partial charge in [-0.05, 0) is 79.0 Å². The zero-order chi connectivity index (χ0) is 21.3. The van der Waals surface area contributed by atoms with E-state index in [1.54, 1.807) is 12.1 Å². The third kappa shape index (κ3) is 4.06. The molecule has 1 aliphatic heterocycles. The third-order valence-corrected chi connectivity index (χ3v) is 8.04. The van der Waals surface area contributed by atoms with Crippen molar-refractivity contribution in [3.05, 3.63) is 71.8 Å². The Labute approximate surface area is 181 Å². The van der Waals surface area contributed by atoms with Crippen LogP contribution in [0.25, 0.3) is 0 Å². The maximum atomic E-state index is 13.1. The molecule has 1 N–H and O–H groups in total. The van der Waals surface area contributed by atoms with Crippen LogP contribution in [0.4, 0.5) is 5.69 Å². The van der Waals surface area contributed by atoms with Gasteiger partial charge in [0, 0.05) is 12.6 Å². The number of anilines is 1. The minimum absolute atomic E-state index is 0.313. The fourth-order valence-electron chi connectivity index (χ4n) is 5.12. The van der Waals surface area contributed by atoms with E-state index in [2.05, 4.69) is 36.1 Å². The topological polar surface area (TPSA) is 49.4 Å².